The van der Waals surface area contributed by atoms with Gasteiger partial charge < -0.3 is 38.6 Å². The Morgan fingerprint density at radius 1 is 1.26 bits per heavy atom. The van der Waals surface area contributed by atoms with Crippen molar-refractivity contribution in [2.24, 2.45) is 5.92 Å². The molecule has 0 aromatic heterocycles. The number of rotatable bonds is 8. The maximum absolute atomic E-state index is 14.1. The fourth-order valence-corrected chi connectivity index (χ4v) is 7.23. The van der Waals surface area contributed by atoms with Crippen LogP contribution < -0.4 is 15.0 Å². The van der Waals surface area contributed by atoms with Gasteiger partial charge in [-0.2, -0.15) is 12.6 Å². The van der Waals surface area contributed by atoms with Gasteiger partial charge in [-0.05, 0) is 51.3 Å². The van der Waals surface area contributed by atoms with Gasteiger partial charge in [-0.15, -0.1) is 0 Å². The van der Waals surface area contributed by atoms with Crippen LogP contribution in [0.5, 0.6) is 5.75 Å². The zero-order valence-corrected chi connectivity index (χ0v) is 33.9. The van der Waals surface area contributed by atoms with Crippen molar-refractivity contribution < 1.29 is 48.0 Å². The summed E-state index contributed by atoms with van der Waals surface area (Å²) in [7, 11) is 6.02. The number of fused-ring (bicyclic) bond motifs is 5. The van der Waals surface area contributed by atoms with Gasteiger partial charge in [0.05, 0.1) is 25.3 Å². The van der Waals surface area contributed by atoms with E-state index in [-0.39, 0.29) is 34.9 Å². The zero-order chi connectivity index (χ0) is 39.6. The second-order valence-electron chi connectivity index (χ2n) is 15.2. The summed E-state index contributed by atoms with van der Waals surface area (Å²) >= 11 is 11.3. The second-order valence-corrected chi connectivity index (χ2v) is 16.8. The molecule has 0 spiro atoms. The molecule has 1 aromatic rings. The number of likely N-dealkylation sites (N-methyl/N-ethyl adjacent to an activating group) is 1. The number of nitrogens with one attached hydrogen (secondary N) is 1. The Bertz CT molecular complexity index is 1630. The van der Waals surface area contributed by atoms with Crippen molar-refractivity contribution in [3.63, 3.8) is 0 Å². The third-order valence-electron chi connectivity index (χ3n) is 10.5. The van der Waals surface area contributed by atoms with Crippen LogP contribution in [0.3, 0.4) is 0 Å². The van der Waals surface area contributed by atoms with Gasteiger partial charge in [-0.25, -0.2) is 9.59 Å². The Morgan fingerprint density at radius 2 is 1.94 bits per heavy atom. The third-order valence-corrected chi connectivity index (χ3v) is 11.1. The van der Waals surface area contributed by atoms with Gasteiger partial charge in [0, 0.05) is 44.7 Å². The molecule has 8 atom stereocenters. The van der Waals surface area contributed by atoms with Crippen molar-refractivity contribution in [1.82, 2.24) is 10.2 Å². The first-order valence-electron chi connectivity index (χ1n) is 17.7. The number of carbonyl (C=O) groups excluding carboxylic acids is 4. The van der Waals surface area contributed by atoms with Crippen LogP contribution in [0.25, 0.3) is 0 Å². The molecule has 3 heterocycles. The minimum atomic E-state index is -1.83. The molecule has 294 valence electrons. The molecule has 53 heavy (non-hydrogen) atoms. The Morgan fingerprint density at radius 3 is 2.57 bits per heavy atom. The lowest BCUT2D eigenvalue weighted by Gasteiger charge is -2.42. The van der Waals surface area contributed by atoms with E-state index in [9.17, 15) is 24.3 Å². The van der Waals surface area contributed by atoms with Crippen LogP contribution in [-0.4, -0.2) is 109 Å². The van der Waals surface area contributed by atoms with Crippen molar-refractivity contribution in [2.75, 3.05) is 33.2 Å². The highest BCUT2D eigenvalue weighted by molar-refractivity contribution is 7.81. The number of benzene rings is 1. The molecule has 0 unspecified atom stereocenters. The SMILES string of the molecule is COc1cc2cc(c1Cl)N(C)C(=O)C[C@H](OC(=O)[C@H](C)N(C)C(=O)CCC(C)(C)S)[C@]1(C)O[C@H]1[C@H](C)[C@@H]1C[C@@](O)(NC(=O)O1)[C@H](OC)/C=C/C=C(/C)C2. The maximum atomic E-state index is 14.1. The molecule has 15 heteroatoms. The number of aliphatic hydroxyl groups is 1. The Labute approximate surface area is 322 Å². The number of hydrogen-bond donors (Lipinski definition) is 3. The number of allylic oxidation sites excluding steroid dienone is 3. The lowest BCUT2D eigenvalue weighted by atomic mass is 9.83. The predicted molar refractivity (Wildman–Crippen MR) is 203 cm³/mol. The quantitative estimate of drug-likeness (QED) is 0.187. The molecule has 3 amide bonds. The molecule has 13 nitrogen and oxygen atoms in total. The van der Waals surface area contributed by atoms with Gasteiger partial charge in [0.15, 0.2) is 5.72 Å². The first kappa shape index (κ1) is 42.4. The highest BCUT2D eigenvalue weighted by Crippen LogP contribution is 2.49. The van der Waals surface area contributed by atoms with E-state index in [0.717, 1.165) is 11.1 Å². The molecule has 3 aliphatic heterocycles. The van der Waals surface area contributed by atoms with E-state index < -0.39 is 65.7 Å². The molecule has 4 rings (SSSR count). The number of esters is 1. The monoisotopic (exact) mass is 779 g/mol. The van der Waals surface area contributed by atoms with Crippen molar-refractivity contribution in [2.45, 2.75) is 120 Å². The Kier molecular flexibility index (Phi) is 13.3. The number of thiol groups is 1. The van der Waals surface area contributed by atoms with Crippen LogP contribution >= 0.6 is 24.2 Å². The van der Waals surface area contributed by atoms with Crippen molar-refractivity contribution in [3.05, 3.63) is 46.5 Å². The topological polar surface area (TPSA) is 156 Å². The van der Waals surface area contributed by atoms with E-state index in [1.807, 2.05) is 26.8 Å². The van der Waals surface area contributed by atoms with Gasteiger partial charge in [-0.3, -0.25) is 14.9 Å². The Hall–Kier alpha value is -3.30. The highest BCUT2D eigenvalue weighted by Gasteiger charge is 2.64. The van der Waals surface area contributed by atoms with E-state index >= 15 is 0 Å². The van der Waals surface area contributed by atoms with E-state index in [1.54, 1.807) is 52.1 Å². The van der Waals surface area contributed by atoms with Gasteiger partial charge in [0.2, 0.25) is 11.8 Å². The molecular weight excluding hydrogens is 726 g/mol. The van der Waals surface area contributed by atoms with Crippen LogP contribution in [0.15, 0.2) is 35.9 Å². The van der Waals surface area contributed by atoms with Crippen molar-refractivity contribution in [3.8, 4) is 5.75 Å². The first-order valence-corrected chi connectivity index (χ1v) is 18.5. The fourth-order valence-electron chi connectivity index (χ4n) is 6.81. The lowest BCUT2D eigenvalue weighted by Crippen LogP contribution is -2.63. The molecule has 4 bridgehead atoms. The van der Waals surface area contributed by atoms with Crippen LogP contribution in [0.2, 0.25) is 5.02 Å². The van der Waals surface area contributed by atoms with E-state index in [2.05, 4.69) is 17.9 Å². The van der Waals surface area contributed by atoms with Gasteiger partial charge in [0.1, 0.15) is 40.7 Å². The minimum Gasteiger partial charge on any atom is -0.495 e. The van der Waals surface area contributed by atoms with Crippen LogP contribution in [0.1, 0.15) is 72.8 Å². The zero-order valence-electron chi connectivity index (χ0n) is 32.2. The van der Waals surface area contributed by atoms with Crippen molar-refractivity contribution >= 4 is 53.8 Å². The molecule has 0 saturated carbocycles. The summed E-state index contributed by atoms with van der Waals surface area (Å²) in [5.74, 6) is -1.58. The molecule has 3 aliphatic rings. The van der Waals surface area contributed by atoms with E-state index in [4.69, 9.17) is 35.3 Å². The lowest BCUT2D eigenvalue weighted by molar-refractivity contribution is -0.162. The molecule has 2 N–H and O–H groups in total. The second kappa shape index (κ2) is 16.6. The summed E-state index contributed by atoms with van der Waals surface area (Å²) in [5.41, 5.74) is -0.916. The van der Waals surface area contributed by atoms with Gasteiger partial charge in [-0.1, -0.05) is 56.2 Å². The fraction of sp³-hybridized carbons (Fsp3) is 0.632. The molecule has 0 radical (unpaired) electrons. The van der Waals surface area contributed by atoms with Crippen LogP contribution in [0, 0.1) is 5.92 Å². The number of hydrogen-bond acceptors (Lipinski definition) is 11. The molecular formula is C38H54ClN3O10S. The molecule has 2 saturated heterocycles. The number of ether oxygens (including phenoxy) is 5. The maximum Gasteiger partial charge on any atom is 0.409 e. The number of epoxide rings is 1. The average Bonchev–Trinajstić information content (AvgIpc) is 3.78. The number of alkyl carbamates (subject to hydrolysis) is 1. The molecule has 2 fully saturated rings. The highest BCUT2D eigenvalue weighted by atomic mass is 35.5. The summed E-state index contributed by atoms with van der Waals surface area (Å²) in [6.07, 6.45) is 1.61. The third kappa shape index (κ3) is 9.88. The summed E-state index contributed by atoms with van der Waals surface area (Å²) in [4.78, 5) is 56.5. The van der Waals surface area contributed by atoms with Crippen molar-refractivity contribution in [1.29, 1.82) is 0 Å². The summed E-state index contributed by atoms with van der Waals surface area (Å²) < 4.78 is 28.8. The standard InChI is InChI=1S/C38H54ClN3O10S/c1-21-12-11-13-28(49-10)38(47)20-27(50-35(46)40-38)22(2)33-37(6,52-33)29(51-34(45)23(3)41(7)30(43)14-15-36(4,5)53)19-31(44)42(8)25-17-24(16-21)18-26(48-9)32(25)39/h11-13,17-18,22-23,27-29,33,47,53H,14-16,19-20H2,1-10H3,(H,40,46)/b13-11+,21-12-/t22-,23+,27+,28-,29+,33+,37+,38+/m1/s1. The van der Waals surface area contributed by atoms with E-state index in [1.165, 1.54) is 31.1 Å². The number of halogens is 1. The van der Waals surface area contributed by atoms with Crippen LogP contribution in [0.4, 0.5) is 10.5 Å². The number of methoxy groups -OCH3 is 2. The number of carbonyl (C=O) groups is 4. The largest absolute Gasteiger partial charge is 0.495 e. The Balaban J connectivity index is 1.74. The normalized spacial score (nSPS) is 31.5. The number of amides is 3. The van der Waals surface area contributed by atoms with Gasteiger partial charge in [0.25, 0.3) is 0 Å². The minimum absolute atomic E-state index is 0.0509. The predicted octanol–water partition coefficient (Wildman–Crippen LogP) is 5.00. The first-order chi connectivity index (χ1) is 24.6. The molecule has 1 aromatic carbocycles. The van der Waals surface area contributed by atoms with E-state index in [0.29, 0.717) is 24.3 Å². The summed E-state index contributed by atoms with van der Waals surface area (Å²) in [5, 5.41) is 14.5. The van der Waals surface area contributed by atoms with Crippen LogP contribution in [-0.2, 0) is 39.8 Å². The average molecular weight is 780 g/mol. The molecule has 0 aliphatic carbocycles. The van der Waals surface area contributed by atoms with Gasteiger partial charge >= 0.3 is 12.1 Å². The summed E-state index contributed by atoms with van der Waals surface area (Å²) in [6.45, 7) is 10.8. The summed E-state index contributed by atoms with van der Waals surface area (Å²) in [6, 6.07) is 2.60. The number of anilines is 1. The number of nitrogens with zero attached hydrogens (tertiary/aromatic N) is 2. The smallest absolute Gasteiger partial charge is 0.409 e.